The highest BCUT2D eigenvalue weighted by molar-refractivity contribution is 9.10. The van der Waals surface area contributed by atoms with Crippen LogP contribution in [0.3, 0.4) is 0 Å². The fourth-order valence-corrected chi connectivity index (χ4v) is 4.62. The van der Waals surface area contributed by atoms with Gasteiger partial charge in [0.15, 0.2) is 0 Å². The maximum Gasteiger partial charge on any atom is 0.0657 e. The summed E-state index contributed by atoms with van der Waals surface area (Å²) in [6, 6.07) is -11.3. The molecular weight excluding hydrogens is 486 g/mol. The predicted octanol–water partition coefficient (Wildman–Crippen LogP) is 9.36. The van der Waals surface area contributed by atoms with Gasteiger partial charge in [-0.25, -0.2) is 0 Å². The van der Waals surface area contributed by atoms with E-state index < -0.39 is 120 Å². The van der Waals surface area contributed by atoms with E-state index in [1.54, 1.807) is 0 Å². The summed E-state index contributed by atoms with van der Waals surface area (Å²) in [5.41, 5.74) is -1.88. The molecule has 1 aromatic heterocycles. The number of hydrogen-bond acceptors (Lipinski definition) is 1. The van der Waals surface area contributed by atoms with E-state index in [1.807, 2.05) is 0 Å². The molecule has 0 unspecified atom stereocenters. The molecule has 0 aliphatic carbocycles. The zero-order valence-corrected chi connectivity index (χ0v) is 18.7. The number of rotatable bonds is 4. The molecule has 0 atom stereocenters. The fraction of sp³-hybridized carbons (Fsp3) is 0. The van der Waals surface area contributed by atoms with Crippen molar-refractivity contribution in [2.24, 2.45) is 0 Å². The van der Waals surface area contributed by atoms with Gasteiger partial charge in [0, 0.05) is 30.7 Å². The Labute approximate surface area is 232 Å². The number of hydrogen-bond donors (Lipinski definition) is 0. The summed E-state index contributed by atoms with van der Waals surface area (Å²) in [6.07, 6.45) is 0. The molecule has 3 heteroatoms. The quantitative estimate of drug-likeness (QED) is 0.222. The van der Waals surface area contributed by atoms with Gasteiger partial charge in [-0.2, -0.15) is 0 Å². The number of fused-ring (bicyclic) bond motifs is 3. The van der Waals surface area contributed by atoms with Crippen molar-refractivity contribution in [1.82, 2.24) is 4.57 Å². The largest absolute Gasteiger partial charge is 0.309 e. The van der Waals surface area contributed by atoms with E-state index in [-0.39, 0.29) is 47.8 Å². The average Bonchev–Trinajstić information content (AvgIpc) is 3.48. The minimum absolute atomic E-state index is 0.124. The van der Waals surface area contributed by atoms with Crippen LogP contribution in [0.15, 0.2) is 135 Å². The lowest BCUT2D eigenvalue weighted by molar-refractivity contribution is 1.16. The molecule has 0 amide bonds. The summed E-state index contributed by atoms with van der Waals surface area (Å²) in [4.78, 5) is -0.487. The fourth-order valence-electron chi connectivity index (χ4n) is 3.27. The molecule has 0 aliphatic rings. The highest BCUT2D eigenvalue weighted by Gasteiger charge is 2.13. The molecule has 6 aromatic rings. The first kappa shape index (κ1) is 8.50. The minimum atomic E-state index is -0.752. The Morgan fingerprint density at radius 1 is 0.606 bits per heavy atom. The van der Waals surface area contributed by atoms with Gasteiger partial charge in [-0.3, -0.25) is 0 Å². The Balaban J connectivity index is 1.72. The molecule has 0 saturated heterocycles. The number of para-hydroxylation sites is 2. The van der Waals surface area contributed by atoms with Crippen molar-refractivity contribution in [3.8, 4) is 16.8 Å². The van der Waals surface area contributed by atoms with Crippen molar-refractivity contribution in [3.63, 3.8) is 0 Å². The van der Waals surface area contributed by atoms with Gasteiger partial charge in [0.05, 0.1) is 37.1 Å². The number of halogens is 1. The monoisotopic (exact) mass is 524 g/mol. The summed E-state index contributed by atoms with van der Waals surface area (Å²) in [6.45, 7) is 0. The third kappa shape index (κ3) is 3.88. The molecule has 33 heavy (non-hydrogen) atoms. The van der Waals surface area contributed by atoms with Crippen LogP contribution in [0.2, 0.25) is 0 Å². The maximum absolute atomic E-state index is 9.00. The molecule has 0 N–H and O–H groups in total. The Bertz CT molecular complexity index is 2510. The molecule has 0 saturated carbocycles. The first-order valence-corrected chi connectivity index (χ1v) is 11.0. The molecule has 0 fully saturated rings. The van der Waals surface area contributed by atoms with E-state index in [0.717, 1.165) is 4.57 Å². The molecule has 1 nitrogen and oxygen atoms in total. The Hall–Kier alpha value is -3.27. The van der Waals surface area contributed by atoms with E-state index in [0.29, 0.717) is 11.8 Å². The second-order valence-electron chi connectivity index (χ2n) is 6.55. The van der Waals surface area contributed by atoms with E-state index in [4.69, 9.17) is 26.0 Å². The second-order valence-corrected chi connectivity index (χ2v) is 8.39. The molecule has 158 valence electrons. The van der Waals surface area contributed by atoms with Gasteiger partial charge in [-0.15, -0.1) is 0 Å². The zero-order chi connectivity index (χ0) is 38.7. The Morgan fingerprint density at radius 2 is 1.24 bits per heavy atom. The summed E-state index contributed by atoms with van der Waals surface area (Å²) in [5.74, 6) is 0. The number of nitrogens with zero attached hydrogens (tertiary/aromatic N) is 1. The number of aromatic nitrogens is 1. The highest BCUT2D eigenvalue weighted by atomic mass is 79.9. The third-order valence-corrected chi connectivity index (χ3v) is 5.82. The van der Waals surface area contributed by atoms with Gasteiger partial charge in [0.25, 0.3) is 0 Å². The Kier molecular flexibility index (Phi) is 2.21. The van der Waals surface area contributed by atoms with Gasteiger partial charge in [0.1, 0.15) is 0 Å². The van der Waals surface area contributed by atoms with Gasteiger partial charge in [-0.1, -0.05) is 106 Å². The number of benzene rings is 5. The molecule has 0 aliphatic heterocycles. The van der Waals surface area contributed by atoms with Crippen molar-refractivity contribution in [2.75, 3.05) is 0 Å². The smallest absolute Gasteiger partial charge is 0.0657 e. The lowest BCUT2D eigenvalue weighted by atomic mass is 10.1. The summed E-state index contributed by atoms with van der Waals surface area (Å²) >= 11 is 3.75. The van der Waals surface area contributed by atoms with Crippen molar-refractivity contribution < 1.29 is 26.0 Å². The van der Waals surface area contributed by atoms with E-state index in [9.17, 15) is 0 Å². The third-order valence-electron chi connectivity index (χ3n) is 4.58. The van der Waals surface area contributed by atoms with E-state index >= 15 is 0 Å². The van der Waals surface area contributed by atoms with Gasteiger partial charge < -0.3 is 4.57 Å². The second kappa shape index (κ2) is 8.58. The van der Waals surface area contributed by atoms with Crippen LogP contribution in [0.5, 0.6) is 0 Å². The van der Waals surface area contributed by atoms with Gasteiger partial charge in [-0.05, 0) is 53.4 Å². The van der Waals surface area contributed by atoms with Crippen LogP contribution < -0.4 is 0 Å². The molecule has 0 spiro atoms. The van der Waals surface area contributed by atoms with Crippen molar-refractivity contribution >= 4 is 49.5 Å². The molecule has 0 radical (unpaired) electrons. The SMILES string of the molecule is [2H]c1c([2H])c([2H])c(-c2c([2H])c([2H])c([2H])c(Sc3cc(-n4c5c([2H])c([2H])c([2H])c([2H])c5c5c([2H])c([2H])c([2H])c([2H])c54)c([2H])c(Br)c3[2H])c2[2H])c([2H])c1[2H]. The van der Waals surface area contributed by atoms with Crippen LogP contribution in [0, 0.1) is 0 Å². The van der Waals surface area contributed by atoms with Crippen LogP contribution in [0.4, 0.5) is 0 Å². The molecule has 5 aromatic carbocycles. The van der Waals surface area contributed by atoms with E-state index in [1.165, 1.54) is 6.07 Å². The topological polar surface area (TPSA) is 4.93 Å². The molecular formula is C30H20BrNS. The van der Waals surface area contributed by atoms with Crippen molar-refractivity contribution in [1.29, 1.82) is 0 Å². The zero-order valence-electron chi connectivity index (χ0n) is 35.3. The first-order chi connectivity index (χ1) is 24.2. The molecule has 1 heterocycles. The van der Waals surface area contributed by atoms with E-state index in [2.05, 4.69) is 15.9 Å². The van der Waals surface area contributed by atoms with Crippen LogP contribution in [0.25, 0.3) is 38.6 Å². The Morgan fingerprint density at radius 3 is 1.97 bits per heavy atom. The normalized spacial score (nSPS) is 19.4. The predicted molar refractivity (Wildman–Crippen MR) is 144 cm³/mol. The van der Waals surface area contributed by atoms with Crippen molar-refractivity contribution in [2.45, 2.75) is 9.79 Å². The molecule has 6 rings (SSSR count). The van der Waals surface area contributed by atoms with Crippen LogP contribution >= 0.6 is 27.7 Å². The summed E-state index contributed by atoms with van der Waals surface area (Å²) < 4.78 is 162. The summed E-state index contributed by atoms with van der Waals surface area (Å²) in [7, 11) is 0. The first-order valence-electron chi connectivity index (χ1n) is 18.8. The van der Waals surface area contributed by atoms with Gasteiger partial charge >= 0.3 is 0 Å². The van der Waals surface area contributed by atoms with Crippen LogP contribution in [-0.2, 0) is 0 Å². The maximum atomic E-state index is 9.00. The highest BCUT2D eigenvalue weighted by Crippen LogP contribution is 2.37. The summed E-state index contributed by atoms with van der Waals surface area (Å²) in [5, 5.41) is -0.495. The van der Waals surface area contributed by atoms with Crippen LogP contribution in [0.1, 0.15) is 26.0 Å². The standard InChI is InChI=1S/C30H20BrNS/c31-23-18-24(32-29-15-6-4-13-27(29)28-14-5-7-16-30(28)32)20-26(19-23)33-25-12-8-11-22(17-25)21-9-2-1-3-10-21/h1-20H/i1D,2D,3D,4D,5D,6D,7D,8D,9D,10D,11D,12D,13D,14D,15D,16D,17D,18D,19D. The lowest BCUT2D eigenvalue weighted by Gasteiger charge is -2.12. The van der Waals surface area contributed by atoms with Crippen LogP contribution in [-0.4, -0.2) is 4.57 Å². The lowest BCUT2D eigenvalue weighted by Crippen LogP contribution is -1.94. The minimum Gasteiger partial charge on any atom is -0.309 e. The van der Waals surface area contributed by atoms with Gasteiger partial charge in [0.2, 0.25) is 0 Å². The van der Waals surface area contributed by atoms with Crippen molar-refractivity contribution in [3.05, 3.63) is 125 Å². The average molecular weight is 526 g/mol. The molecule has 0 bridgehead atoms.